The number of halogens is 2. The van der Waals surface area contributed by atoms with Crippen LogP contribution in [0.1, 0.15) is 11.1 Å². The second-order valence-electron chi connectivity index (χ2n) is 6.99. The molecule has 0 aliphatic rings. The van der Waals surface area contributed by atoms with E-state index >= 15 is 0 Å². The Morgan fingerprint density at radius 1 is 1.03 bits per heavy atom. The van der Waals surface area contributed by atoms with Crippen molar-refractivity contribution in [3.05, 3.63) is 98.5 Å². The highest BCUT2D eigenvalue weighted by molar-refractivity contribution is 6.42. The van der Waals surface area contributed by atoms with E-state index in [0.717, 1.165) is 11.1 Å². The third-order valence-corrected chi connectivity index (χ3v) is 5.38. The standard InChI is InChI=1S/C23H17Cl2N3O3/c1-14-2-6-17(7-3-14)31-23(30)27-16-5-9-21-18(11-16)22(29)28(13-26-21)12-15-4-8-19(24)20(25)10-15/h2-11,13H,12H2,1H3,(H,27,30). The number of carbonyl (C=O) groups is 1. The number of anilines is 1. The van der Waals surface area contributed by atoms with Gasteiger partial charge in [0.25, 0.3) is 5.56 Å². The molecule has 0 aliphatic heterocycles. The van der Waals surface area contributed by atoms with Crippen molar-refractivity contribution >= 4 is 45.9 Å². The lowest BCUT2D eigenvalue weighted by Gasteiger charge is -2.10. The summed E-state index contributed by atoms with van der Waals surface area (Å²) in [7, 11) is 0. The van der Waals surface area contributed by atoms with Gasteiger partial charge >= 0.3 is 6.09 Å². The van der Waals surface area contributed by atoms with Gasteiger partial charge in [0, 0.05) is 5.69 Å². The Hall–Kier alpha value is -3.35. The first-order chi connectivity index (χ1) is 14.9. The first kappa shape index (κ1) is 20.9. The molecular weight excluding hydrogens is 437 g/mol. The third-order valence-electron chi connectivity index (χ3n) is 4.64. The molecule has 0 unspecified atom stereocenters. The van der Waals surface area contributed by atoms with Crippen molar-refractivity contribution in [3.8, 4) is 5.75 Å². The predicted molar refractivity (Wildman–Crippen MR) is 122 cm³/mol. The Labute approximate surface area is 188 Å². The number of nitrogens with zero attached hydrogens (tertiary/aromatic N) is 2. The van der Waals surface area contributed by atoms with E-state index in [1.807, 2.05) is 19.1 Å². The Bertz CT molecular complexity index is 1330. The fraction of sp³-hybridized carbons (Fsp3) is 0.0870. The van der Waals surface area contributed by atoms with Crippen molar-refractivity contribution in [2.45, 2.75) is 13.5 Å². The molecule has 6 nitrogen and oxygen atoms in total. The van der Waals surface area contributed by atoms with Crippen molar-refractivity contribution in [1.29, 1.82) is 0 Å². The molecule has 0 bridgehead atoms. The molecule has 0 atom stereocenters. The van der Waals surface area contributed by atoms with Gasteiger partial charge in [0.15, 0.2) is 0 Å². The number of rotatable bonds is 4. The average molecular weight is 454 g/mol. The van der Waals surface area contributed by atoms with Gasteiger partial charge in [-0.05, 0) is 55.0 Å². The van der Waals surface area contributed by atoms with Gasteiger partial charge in [0.2, 0.25) is 0 Å². The second-order valence-corrected chi connectivity index (χ2v) is 7.80. The number of aromatic nitrogens is 2. The van der Waals surface area contributed by atoms with Gasteiger partial charge in [-0.15, -0.1) is 0 Å². The van der Waals surface area contributed by atoms with Crippen LogP contribution < -0.4 is 15.6 Å². The van der Waals surface area contributed by atoms with Gasteiger partial charge in [0.1, 0.15) is 5.75 Å². The average Bonchev–Trinajstić information content (AvgIpc) is 2.75. The lowest BCUT2D eigenvalue weighted by atomic mass is 10.2. The van der Waals surface area contributed by atoms with Gasteiger partial charge in [0.05, 0.1) is 33.8 Å². The van der Waals surface area contributed by atoms with Crippen LogP contribution in [0.2, 0.25) is 10.0 Å². The van der Waals surface area contributed by atoms with Crippen LogP contribution in [0.25, 0.3) is 10.9 Å². The Kier molecular flexibility index (Phi) is 5.93. The first-order valence-electron chi connectivity index (χ1n) is 9.38. The Morgan fingerprint density at radius 2 is 1.81 bits per heavy atom. The molecule has 1 N–H and O–H groups in total. The molecule has 3 aromatic carbocycles. The maximum absolute atomic E-state index is 13.0. The molecule has 8 heteroatoms. The van der Waals surface area contributed by atoms with E-state index in [1.165, 1.54) is 10.9 Å². The van der Waals surface area contributed by atoms with E-state index in [1.54, 1.807) is 48.5 Å². The molecule has 1 amide bonds. The summed E-state index contributed by atoms with van der Waals surface area (Å²) >= 11 is 12.0. The van der Waals surface area contributed by atoms with Crippen LogP contribution in [0.15, 0.2) is 71.8 Å². The van der Waals surface area contributed by atoms with Gasteiger partial charge in [-0.2, -0.15) is 0 Å². The summed E-state index contributed by atoms with van der Waals surface area (Å²) in [5, 5.41) is 3.87. The molecule has 4 aromatic rings. The number of fused-ring (bicyclic) bond motifs is 1. The van der Waals surface area contributed by atoms with Gasteiger partial charge in [-0.3, -0.25) is 14.7 Å². The van der Waals surface area contributed by atoms with Crippen LogP contribution in [0.3, 0.4) is 0 Å². The highest BCUT2D eigenvalue weighted by Crippen LogP contribution is 2.23. The van der Waals surface area contributed by atoms with Gasteiger partial charge < -0.3 is 4.74 Å². The molecule has 0 saturated heterocycles. The smallest absolute Gasteiger partial charge is 0.410 e. The third kappa shape index (κ3) is 4.87. The number of hydrogen-bond donors (Lipinski definition) is 1. The van der Waals surface area contributed by atoms with E-state index in [9.17, 15) is 9.59 Å². The maximum atomic E-state index is 13.0. The molecule has 4 rings (SSSR count). The zero-order valence-corrected chi connectivity index (χ0v) is 17.9. The van der Waals surface area contributed by atoms with Crippen molar-refractivity contribution in [2.24, 2.45) is 0 Å². The molecule has 156 valence electrons. The van der Waals surface area contributed by atoms with Crippen molar-refractivity contribution < 1.29 is 9.53 Å². The minimum Gasteiger partial charge on any atom is -0.410 e. The summed E-state index contributed by atoms with van der Waals surface area (Å²) in [6.45, 7) is 2.23. The van der Waals surface area contributed by atoms with E-state index < -0.39 is 6.09 Å². The summed E-state index contributed by atoms with van der Waals surface area (Å²) in [6.07, 6.45) is 0.828. The molecule has 0 spiro atoms. The van der Waals surface area contributed by atoms with Crippen LogP contribution in [0.5, 0.6) is 5.75 Å². The van der Waals surface area contributed by atoms with Crippen LogP contribution >= 0.6 is 23.2 Å². The monoisotopic (exact) mass is 453 g/mol. The van der Waals surface area contributed by atoms with Crippen LogP contribution in [-0.4, -0.2) is 15.6 Å². The number of amides is 1. The number of carbonyl (C=O) groups excluding carboxylic acids is 1. The lowest BCUT2D eigenvalue weighted by Crippen LogP contribution is -2.22. The van der Waals surface area contributed by atoms with Crippen LogP contribution in [-0.2, 0) is 6.54 Å². The van der Waals surface area contributed by atoms with E-state index in [0.29, 0.717) is 32.4 Å². The number of nitrogens with one attached hydrogen (secondary N) is 1. The summed E-state index contributed by atoms with van der Waals surface area (Å²) in [6, 6.07) is 17.2. The first-order valence-corrected chi connectivity index (χ1v) is 10.1. The molecule has 0 fully saturated rings. The zero-order chi connectivity index (χ0) is 22.0. The number of ether oxygens (including phenoxy) is 1. The molecule has 1 aromatic heterocycles. The number of aryl methyl sites for hydroxylation is 1. The fourth-order valence-electron chi connectivity index (χ4n) is 3.04. The maximum Gasteiger partial charge on any atom is 0.417 e. The summed E-state index contributed by atoms with van der Waals surface area (Å²) in [4.78, 5) is 29.5. The highest BCUT2D eigenvalue weighted by Gasteiger charge is 2.10. The number of hydrogen-bond acceptors (Lipinski definition) is 4. The lowest BCUT2D eigenvalue weighted by molar-refractivity contribution is 0.215. The summed E-state index contributed by atoms with van der Waals surface area (Å²) in [5.74, 6) is 0.425. The van der Waals surface area contributed by atoms with Crippen molar-refractivity contribution in [3.63, 3.8) is 0 Å². The molecule has 31 heavy (non-hydrogen) atoms. The largest absolute Gasteiger partial charge is 0.417 e. The van der Waals surface area contributed by atoms with E-state index in [4.69, 9.17) is 27.9 Å². The summed E-state index contributed by atoms with van der Waals surface area (Å²) in [5.41, 5.74) is 2.58. The molecular formula is C23H17Cl2N3O3. The minimum atomic E-state index is -0.650. The predicted octanol–water partition coefficient (Wildman–Crippen LogP) is 5.67. The minimum absolute atomic E-state index is 0.244. The zero-order valence-electron chi connectivity index (χ0n) is 16.4. The summed E-state index contributed by atoms with van der Waals surface area (Å²) < 4.78 is 6.74. The molecule has 0 radical (unpaired) electrons. The Balaban J connectivity index is 1.56. The SMILES string of the molecule is Cc1ccc(OC(=O)Nc2ccc3ncn(Cc4ccc(Cl)c(Cl)c4)c(=O)c3c2)cc1. The Morgan fingerprint density at radius 3 is 2.55 bits per heavy atom. The molecule has 0 saturated carbocycles. The molecule has 1 heterocycles. The van der Waals surface area contributed by atoms with Gasteiger partial charge in [-0.1, -0.05) is 47.0 Å². The van der Waals surface area contributed by atoms with E-state index in [-0.39, 0.29) is 12.1 Å². The fourth-order valence-corrected chi connectivity index (χ4v) is 3.36. The topological polar surface area (TPSA) is 73.2 Å². The molecule has 0 aliphatic carbocycles. The normalized spacial score (nSPS) is 10.8. The van der Waals surface area contributed by atoms with Crippen LogP contribution in [0.4, 0.5) is 10.5 Å². The van der Waals surface area contributed by atoms with Gasteiger partial charge in [-0.25, -0.2) is 9.78 Å². The van der Waals surface area contributed by atoms with E-state index in [2.05, 4.69) is 10.3 Å². The van der Waals surface area contributed by atoms with Crippen LogP contribution in [0, 0.1) is 6.92 Å². The highest BCUT2D eigenvalue weighted by atomic mass is 35.5. The quantitative estimate of drug-likeness (QED) is 0.431. The van der Waals surface area contributed by atoms with Crippen molar-refractivity contribution in [1.82, 2.24) is 9.55 Å². The second kappa shape index (κ2) is 8.79. The van der Waals surface area contributed by atoms with Crippen molar-refractivity contribution in [2.75, 3.05) is 5.32 Å². The number of benzene rings is 3.